The van der Waals surface area contributed by atoms with Crippen molar-refractivity contribution in [2.75, 3.05) is 13.7 Å². The molecule has 1 amide bonds. The maximum atomic E-state index is 12.8. The van der Waals surface area contributed by atoms with Crippen molar-refractivity contribution in [1.29, 1.82) is 0 Å². The Morgan fingerprint density at radius 2 is 2.00 bits per heavy atom. The molecule has 0 radical (unpaired) electrons. The highest BCUT2D eigenvalue weighted by Crippen LogP contribution is 2.32. The fourth-order valence-electron chi connectivity index (χ4n) is 2.45. The number of alkyl halides is 3. The van der Waals surface area contributed by atoms with Crippen molar-refractivity contribution in [2.24, 2.45) is 0 Å². The lowest BCUT2D eigenvalue weighted by Crippen LogP contribution is -2.40. The molecule has 8 heteroatoms. The van der Waals surface area contributed by atoms with Crippen molar-refractivity contribution in [3.63, 3.8) is 0 Å². The summed E-state index contributed by atoms with van der Waals surface area (Å²) in [6.07, 6.45) is -1.82. The Bertz CT molecular complexity index is 724. The molecule has 0 atom stereocenters. The Morgan fingerprint density at radius 1 is 1.33 bits per heavy atom. The number of rotatable bonds is 5. The zero-order valence-electron chi connectivity index (χ0n) is 13.0. The summed E-state index contributed by atoms with van der Waals surface area (Å²) in [5.41, 5.74) is 0.571. The van der Waals surface area contributed by atoms with Crippen molar-refractivity contribution in [3.05, 3.63) is 42.2 Å². The van der Waals surface area contributed by atoms with Crippen LogP contribution in [0, 0.1) is 0 Å². The third kappa shape index (κ3) is 3.52. The summed E-state index contributed by atoms with van der Waals surface area (Å²) in [5, 5.41) is 4.15. The maximum absolute atomic E-state index is 12.8. The third-order valence-electron chi connectivity index (χ3n) is 3.72. The van der Waals surface area contributed by atoms with Gasteiger partial charge in [0.25, 0.3) is 5.91 Å². The monoisotopic (exact) mass is 339 g/mol. The van der Waals surface area contributed by atoms with E-state index in [4.69, 9.17) is 4.74 Å². The van der Waals surface area contributed by atoms with E-state index in [1.807, 2.05) is 6.07 Å². The van der Waals surface area contributed by atoms with Gasteiger partial charge in [-0.2, -0.15) is 18.3 Å². The molecule has 0 N–H and O–H groups in total. The molecule has 0 aliphatic heterocycles. The highest BCUT2D eigenvalue weighted by Gasteiger charge is 2.42. The summed E-state index contributed by atoms with van der Waals surface area (Å²) in [5.74, 6) is -0.613. The fourth-order valence-corrected chi connectivity index (χ4v) is 2.45. The van der Waals surface area contributed by atoms with Crippen LogP contribution in [0.4, 0.5) is 13.2 Å². The number of hydrogen-bond donors (Lipinski definition) is 0. The molecule has 1 aromatic carbocycles. The number of carbonyl (C=O) groups excluding carboxylic acids is 1. The summed E-state index contributed by atoms with van der Waals surface area (Å²) < 4.78 is 44.9. The Kier molecular flexibility index (Phi) is 4.21. The van der Waals surface area contributed by atoms with Gasteiger partial charge in [0.05, 0.1) is 19.0 Å². The predicted octanol–water partition coefficient (Wildman–Crippen LogP) is 3.05. The largest absolute Gasteiger partial charge is 0.493 e. The van der Waals surface area contributed by atoms with Crippen molar-refractivity contribution >= 4 is 5.91 Å². The van der Waals surface area contributed by atoms with Gasteiger partial charge in [-0.15, -0.1) is 0 Å². The average Bonchev–Trinajstić information content (AvgIpc) is 3.30. The second-order valence-electron chi connectivity index (χ2n) is 5.61. The molecule has 3 rings (SSSR count). The first-order valence-electron chi connectivity index (χ1n) is 7.46. The number of aromatic nitrogens is 2. The maximum Gasteiger partial charge on any atom is 0.406 e. The van der Waals surface area contributed by atoms with Crippen molar-refractivity contribution in [2.45, 2.75) is 25.1 Å². The SMILES string of the molecule is COc1cn(-c2ccccc2)nc1C(=O)N(CC(F)(F)F)C1CC1. The van der Waals surface area contributed by atoms with Gasteiger partial charge in [-0.25, -0.2) is 4.68 Å². The van der Waals surface area contributed by atoms with Crippen LogP contribution in [0.1, 0.15) is 23.3 Å². The molecule has 1 aliphatic rings. The van der Waals surface area contributed by atoms with Crippen LogP contribution < -0.4 is 4.74 Å². The molecule has 24 heavy (non-hydrogen) atoms. The van der Waals surface area contributed by atoms with E-state index in [1.165, 1.54) is 18.0 Å². The van der Waals surface area contributed by atoms with Gasteiger partial charge in [0.15, 0.2) is 11.4 Å². The van der Waals surface area contributed by atoms with Crippen molar-refractivity contribution in [1.82, 2.24) is 14.7 Å². The van der Waals surface area contributed by atoms with Gasteiger partial charge in [0.1, 0.15) is 6.54 Å². The molecule has 128 valence electrons. The number of amides is 1. The van der Waals surface area contributed by atoms with Crippen LogP contribution in [0.25, 0.3) is 5.69 Å². The standard InChI is InChI=1S/C16H16F3N3O2/c1-24-13-9-22(12-5-3-2-4-6-12)20-14(13)15(23)21(11-7-8-11)10-16(17,18)19/h2-6,9,11H,7-8,10H2,1H3. The topological polar surface area (TPSA) is 47.4 Å². The van der Waals surface area contributed by atoms with Gasteiger partial charge < -0.3 is 9.64 Å². The number of para-hydroxylation sites is 1. The smallest absolute Gasteiger partial charge is 0.406 e. The van der Waals surface area contributed by atoms with Gasteiger partial charge in [0, 0.05) is 6.04 Å². The summed E-state index contributed by atoms with van der Waals surface area (Å²) in [6.45, 7) is -1.28. The number of benzene rings is 1. The Labute approximate surface area is 136 Å². The van der Waals surface area contributed by atoms with E-state index in [9.17, 15) is 18.0 Å². The fraction of sp³-hybridized carbons (Fsp3) is 0.375. The zero-order chi connectivity index (χ0) is 17.3. The van der Waals surface area contributed by atoms with Crippen LogP contribution in [0.2, 0.25) is 0 Å². The molecular formula is C16H16F3N3O2. The van der Waals surface area contributed by atoms with Crippen LogP contribution in [-0.4, -0.2) is 46.5 Å². The average molecular weight is 339 g/mol. The zero-order valence-corrected chi connectivity index (χ0v) is 13.0. The lowest BCUT2D eigenvalue weighted by molar-refractivity contribution is -0.141. The minimum absolute atomic E-state index is 0.113. The number of nitrogens with zero attached hydrogens (tertiary/aromatic N) is 3. The summed E-state index contributed by atoms with van der Waals surface area (Å²) >= 11 is 0. The van der Waals surface area contributed by atoms with Gasteiger partial charge in [-0.05, 0) is 25.0 Å². The van der Waals surface area contributed by atoms with Gasteiger partial charge >= 0.3 is 6.18 Å². The van der Waals surface area contributed by atoms with Crippen LogP contribution in [0.5, 0.6) is 5.75 Å². The molecule has 0 bridgehead atoms. The van der Waals surface area contributed by atoms with E-state index in [2.05, 4.69) is 5.10 Å². The summed E-state index contributed by atoms with van der Waals surface area (Å²) in [4.78, 5) is 13.4. The number of carbonyl (C=O) groups is 1. The van der Waals surface area contributed by atoms with Crippen molar-refractivity contribution < 1.29 is 22.7 Å². The minimum Gasteiger partial charge on any atom is -0.493 e. The molecule has 0 unspecified atom stereocenters. The van der Waals surface area contributed by atoms with E-state index in [-0.39, 0.29) is 17.5 Å². The van der Waals surface area contributed by atoms with Crippen molar-refractivity contribution in [3.8, 4) is 11.4 Å². The first-order valence-corrected chi connectivity index (χ1v) is 7.46. The first kappa shape index (κ1) is 16.4. The highest BCUT2D eigenvalue weighted by atomic mass is 19.4. The van der Waals surface area contributed by atoms with Gasteiger partial charge in [-0.3, -0.25) is 4.79 Å². The number of halogens is 3. The lowest BCUT2D eigenvalue weighted by Gasteiger charge is -2.23. The molecule has 1 aliphatic carbocycles. The van der Waals surface area contributed by atoms with Crippen LogP contribution in [0.15, 0.2) is 36.5 Å². The van der Waals surface area contributed by atoms with Crippen LogP contribution in [0.3, 0.4) is 0 Å². The second-order valence-corrected chi connectivity index (χ2v) is 5.61. The molecule has 1 fully saturated rings. The van der Waals surface area contributed by atoms with Gasteiger partial charge in [0.2, 0.25) is 0 Å². The normalized spacial score (nSPS) is 14.5. The van der Waals surface area contributed by atoms with E-state index in [0.717, 1.165) is 4.90 Å². The van der Waals surface area contributed by atoms with Crippen LogP contribution >= 0.6 is 0 Å². The van der Waals surface area contributed by atoms with E-state index in [0.29, 0.717) is 18.5 Å². The molecule has 0 spiro atoms. The third-order valence-corrected chi connectivity index (χ3v) is 3.72. The number of ether oxygens (including phenoxy) is 1. The molecule has 1 heterocycles. The predicted molar refractivity (Wildman–Crippen MR) is 80.2 cm³/mol. The van der Waals surface area contributed by atoms with E-state index in [1.54, 1.807) is 24.3 Å². The Balaban J connectivity index is 1.92. The first-order chi connectivity index (χ1) is 11.4. The number of hydrogen-bond acceptors (Lipinski definition) is 3. The Morgan fingerprint density at radius 3 is 2.54 bits per heavy atom. The quantitative estimate of drug-likeness (QED) is 0.841. The molecule has 1 saturated carbocycles. The summed E-state index contributed by atoms with van der Waals surface area (Å²) in [6, 6.07) is 8.58. The number of methoxy groups -OCH3 is 1. The molecular weight excluding hydrogens is 323 g/mol. The van der Waals surface area contributed by atoms with Gasteiger partial charge in [-0.1, -0.05) is 18.2 Å². The lowest BCUT2D eigenvalue weighted by atomic mass is 10.3. The summed E-state index contributed by atoms with van der Waals surface area (Å²) in [7, 11) is 1.36. The highest BCUT2D eigenvalue weighted by molar-refractivity contribution is 5.95. The Hall–Kier alpha value is -2.51. The van der Waals surface area contributed by atoms with Crippen LogP contribution in [-0.2, 0) is 0 Å². The second kappa shape index (κ2) is 6.18. The molecule has 2 aromatic rings. The molecule has 0 saturated heterocycles. The minimum atomic E-state index is -4.45. The molecule has 5 nitrogen and oxygen atoms in total. The van der Waals surface area contributed by atoms with E-state index < -0.39 is 18.6 Å². The molecule has 1 aromatic heterocycles. The van der Waals surface area contributed by atoms with E-state index >= 15 is 0 Å².